The van der Waals surface area contributed by atoms with Crippen LogP contribution < -0.4 is 5.32 Å². The van der Waals surface area contributed by atoms with Gasteiger partial charge in [0.1, 0.15) is 0 Å². The number of benzene rings is 1. The maximum atomic E-state index is 14.0. The van der Waals surface area contributed by atoms with Gasteiger partial charge in [-0.15, -0.1) is 0 Å². The summed E-state index contributed by atoms with van der Waals surface area (Å²) >= 11 is 2.96. The van der Waals surface area contributed by atoms with Gasteiger partial charge >= 0.3 is 5.97 Å². The number of hydrogen-bond acceptors (Lipinski definition) is 3. The highest BCUT2D eigenvalue weighted by Crippen LogP contribution is 2.27. The van der Waals surface area contributed by atoms with E-state index in [-0.39, 0.29) is 15.7 Å². The van der Waals surface area contributed by atoms with Gasteiger partial charge in [0.2, 0.25) is 0 Å². The third-order valence-electron chi connectivity index (χ3n) is 2.80. The van der Waals surface area contributed by atoms with Crippen molar-refractivity contribution in [1.29, 1.82) is 0 Å². The highest BCUT2D eigenvalue weighted by molar-refractivity contribution is 9.10. The van der Waals surface area contributed by atoms with E-state index in [1.165, 1.54) is 12.1 Å². The Morgan fingerprint density at radius 3 is 2.90 bits per heavy atom. The fraction of sp³-hybridized carbons (Fsp3) is 0.231. The number of carboxylic acids is 1. The number of anilines is 1. The number of aromatic nitrogens is 2. The first-order valence-electron chi connectivity index (χ1n) is 5.91. The third-order valence-corrected chi connectivity index (χ3v) is 3.58. The minimum Gasteiger partial charge on any atom is -0.478 e. The van der Waals surface area contributed by atoms with Gasteiger partial charge in [0.25, 0.3) is 0 Å². The summed E-state index contributed by atoms with van der Waals surface area (Å²) in [7, 11) is 1.83. The summed E-state index contributed by atoms with van der Waals surface area (Å²) in [5, 5.41) is 15.9. The van der Waals surface area contributed by atoms with E-state index in [4.69, 9.17) is 5.11 Å². The molecule has 0 aliphatic heterocycles. The summed E-state index contributed by atoms with van der Waals surface area (Å²) in [6, 6.07) is 2.79. The van der Waals surface area contributed by atoms with Gasteiger partial charge in [-0.05, 0) is 40.0 Å². The Balaban J connectivity index is 2.03. The lowest BCUT2D eigenvalue weighted by Crippen LogP contribution is -2.08. The minimum atomic E-state index is -1.17. The first-order chi connectivity index (χ1) is 9.49. The van der Waals surface area contributed by atoms with Crippen LogP contribution >= 0.6 is 15.9 Å². The Labute approximate surface area is 123 Å². The van der Waals surface area contributed by atoms with Crippen molar-refractivity contribution in [2.24, 2.45) is 7.05 Å². The first-order valence-corrected chi connectivity index (χ1v) is 6.71. The molecular formula is C13H13BrFN3O2. The lowest BCUT2D eigenvalue weighted by molar-refractivity contribution is 0.0695. The van der Waals surface area contributed by atoms with E-state index < -0.39 is 11.8 Å². The lowest BCUT2D eigenvalue weighted by Gasteiger charge is -2.09. The molecule has 0 spiro atoms. The van der Waals surface area contributed by atoms with Gasteiger partial charge in [0.05, 0.1) is 21.9 Å². The molecule has 2 aromatic rings. The molecule has 0 fully saturated rings. The van der Waals surface area contributed by atoms with Crippen LogP contribution in [0.5, 0.6) is 0 Å². The van der Waals surface area contributed by atoms with Crippen molar-refractivity contribution in [2.45, 2.75) is 6.42 Å². The molecule has 0 aliphatic rings. The zero-order valence-electron chi connectivity index (χ0n) is 10.7. The highest BCUT2D eigenvalue weighted by Gasteiger charge is 2.15. The van der Waals surface area contributed by atoms with Crippen LogP contribution in [-0.4, -0.2) is 27.4 Å². The predicted octanol–water partition coefficient (Wildman–Crippen LogP) is 2.67. The van der Waals surface area contributed by atoms with Crippen molar-refractivity contribution in [3.05, 3.63) is 45.9 Å². The molecule has 0 bridgehead atoms. The number of aryl methyl sites for hydroxylation is 1. The normalized spacial score (nSPS) is 10.6. The number of rotatable bonds is 5. The van der Waals surface area contributed by atoms with Crippen LogP contribution in [0, 0.1) is 5.82 Å². The van der Waals surface area contributed by atoms with Crippen molar-refractivity contribution >= 4 is 27.6 Å². The zero-order chi connectivity index (χ0) is 14.7. The number of nitrogens with zero attached hydrogens (tertiary/aromatic N) is 2. The second-order valence-electron chi connectivity index (χ2n) is 4.29. The maximum absolute atomic E-state index is 14.0. The van der Waals surface area contributed by atoms with Gasteiger partial charge in [-0.1, -0.05) is 0 Å². The fourth-order valence-electron chi connectivity index (χ4n) is 1.79. The molecule has 1 heterocycles. The van der Waals surface area contributed by atoms with Gasteiger partial charge in [-0.3, -0.25) is 4.68 Å². The van der Waals surface area contributed by atoms with Gasteiger partial charge in [-0.25, -0.2) is 9.18 Å². The van der Waals surface area contributed by atoms with Crippen molar-refractivity contribution in [3.8, 4) is 0 Å². The molecule has 1 aromatic carbocycles. The summed E-state index contributed by atoms with van der Waals surface area (Å²) in [5.74, 6) is -1.77. The molecule has 0 amide bonds. The molecule has 1 aromatic heterocycles. The number of hydrogen-bond donors (Lipinski definition) is 2. The Hall–Kier alpha value is -1.89. The van der Waals surface area contributed by atoms with E-state index in [1.54, 1.807) is 10.9 Å². The Morgan fingerprint density at radius 2 is 2.30 bits per heavy atom. The van der Waals surface area contributed by atoms with E-state index in [2.05, 4.69) is 26.3 Å². The summed E-state index contributed by atoms with van der Waals surface area (Å²) in [6.07, 6.45) is 4.34. The van der Waals surface area contributed by atoms with Gasteiger partial charge in [-0.2, -0.15) is 5.10 Å². The molecule has 106 valence electrons. The Kier molecular flexibility index (Phi) is 4.39. The van der Waals surface area contributed by atoms with Gasteiger partial charge < -0.3 is 10.4 Å². The monoisotopic (exact) mass is 341 g/mol. The van der Waals surface area contributed by atoms with Crippen LogP contribution in [-0.2, 0) is 13.5 Å². The molecule has 0 aliphatic carbocycles. The van der Waals surface area contributed by atoms with Crippen LogP contribution in [0.1, 0.15) is 15.9 Å². The Bertz CT molecular complexity index is 643. The number of halogens is 2. The summed E-state index contributed by atoms with van der Waals surface area (Å²) in [6.45, 7) is 0.529. The molecule has 0 saturated carbocycles. The molecular weight excluding hydrogens is 329 g/mol. The summed E-state index contributed by atoms with van der Waals surface area (Å²) < 4.78 is 15.6. The molecule has 2 rings (SSSR count). The van der Waals surface area contributed by atoms with Crippen LogP contribution in [0.4, 0.5) is 10.1 Å². The molecule has 2 N–H and O–H groups in total. The second kappa shape index (κ2) is 6.04. The van der Waals surface area contributed by atoms with Crippen LogP contribution in [0.15, 0.2) is 29.0 Å². The van der Waals surface area contributed by atoms with E-state index in [0.717, 1.165) is 5.56 Å². The first kappa shape index (κ1) is 14.5. The second-order valence-corrected chi connectivity index (χ2v) is 5.09. The van der Waals surface area contributed by atoms with Crippen molar-refractivity contribution in [2.75, 3.05) is 11.9 Å². The van der Waals surface area contributed by atoms with E-state index in [0.29, 0.717) is 13.0 Å². The molecule has 0 radical (unpaired) electrons. The zero-order valence-corrected chi connectivity index (χ0v) is 12.3. The summed E-state index contributed by atoms with van der Waals surface area (Å²) in [5.41, 5.74) is 1.22. The standard InChI is InChI=1S/C13H13BrFN3O2/c1-18-7-8(6-17-18)4-5-16-10-3-2-9(13(19)20)11(14)12(10)15/h2-3,6-7,16H,4-5H2,1H3,(H,19,20). The van der Waals surface area contributed by atoms with E-state index in [1.807, 2.05) is 13.2 Å². The SMILES string of the molecule is Cn1cc(CCNc2ccc(C(=O)O)c(Br)c2F)cn1. The minimum absolute atomic E-state index is 0.0450. The largest absolute Gasteiger partial charge is 0.478 e. The molecule has 7 heteroatoms. The number of carbonyl (C=O) groups is 1. The molecule has 0 atom stereocenters. The predicted molar refractivity (Wildman–Crippen MR) is 76.5 cm³/mol. The van der Waals surface area contributed by atoms with Gasteiger partial charge in [0.15, 0.2) is 5.82 Å². The summed E-state index contributed by atoms with van der Waals surface area (Å²) in [4.78, 5) is 10.9. The Morgan fingerprint density at radius 1 is 1.55 bits per heavy atom. The van der Waals surface area contributed by atoms with E-state index in [9.17, 15) is 9.18 Å². The maximum Gasteiger partial charge on any atom is 0.336 e. The van der Waals surface area contributed by atoms with Gasteiger partial charge in [0, 0.05) is 19.8 Å². The lowest BCUT2D eigenvalue weighted by atomic mass is 10.2. The quantitative estimate of drug-likeness (QED) is 0.877. The van der Waals surface area contributed by atoms with Crippen molar-refractivity contribution in [1.82, 2.24) is 9.78 Å². The third kappa shape index (κ3) is 3.16. The fourth-order valence-corrected chi connectivity index (χ4v) is 2.31. The average molecular weight is 342 g/mol. The smallest absolute Gasteiger partial charge is 0.336 e. The van der Waals surface area contributed by atoms with Crippen molar-refractivity contribution in [3.63, 3.8) is 0 Å². The van der Waals surface area contributed by atoms with E-state index >= 15 is 0 Å². The van der Waals surface area contributed by atoms with Crippen LogP contribution in [0.25, 0.3) is 0 Å². The number of carboxylic acid groups (broad SMARTS) is 1. The molecule has 0 unspecified atom stereocenters. The molecule has 20 heavy (non-hydrogen) atoms. The molecule has 0 saturated heterocycles. The number of aromatic carboxylic acids is 1. The molecule has 5 nitrogen and oxygen atoms in total. The number of nitrogens with one attached hydrogen (secondary N) is 1. The highest BCUT2D eigenvalue weighted by atomic mass is 79.9. The van der Waals surface area contributed by atoms with Crippen LogP contribution in [0.2, 0.25) is 0 Å². The topological polar surface area (TPSA) is 67.2 Å². The van der Waals surface area contributed by atoms with Crippen LogP contribution in [0.3, 0.4) is 0 Å². The average Bonchev–Trinajstić information content (AvgIpc) is 2.80. The van der Waals surface area contributed by atoms with Crippen molar-refractivity contribution < 1.29 is 14.3 Å².